The van der Waals surface area contributed by atoms with E-state index in [4.69, 9.17) is 9.47 Å². The SMILES string of the molecule is CC(=O)n1cc(CN=Nc2nc(OCCc3ccccc3)nc(N3CCOCC3)n2)c2ccccc21. The van der Waals surface area contributed by atoms with E-state index in [0.717, 1.165) is 22.9 Å². The fourth-order valence-corrected chi connectivity index (χ4v) is 4.07. The Bertz CT molecular complexity index is 1360. The van der Waals surface area contributed by atoms with Crippen LogP contribution >= 0.6 is 0 Å². The first-order chi connectivity index (χ1) is 17.7. The molecule has 10 heteroatoms. The van der Waals surface area contributed by atoms with Crippen LogP contribution in [0.25, 0.3) is 10.9 Å². The largest absolute Gasteiger partial charge is 0.463 e. The number of para-hydroxylation sites is 1. The highest BCUT2D eigenvalue weighted by molar-refractivity contribution is 5.93. The summed E-state index contributed by atoms with van der Waals surface area (Å²) in [6.07, 6.45) is 2.53. The van der Waals surface area contributed by atoms with Crippen LogP contribution in [-0.2, 0) is 17.7 Å². The van der Waals surface area contributed by atoms with Gasteiger partial charge in [-0.15, -0.1) is 5.11 Å². The number of hydrogen-bond donors (Lipinski definition) is 0. The van der Waals surface area contributed by atoms with Crippen molar-refractivity contribution in [2.24, 2.45) is 10.2 Å². The van der Waals surface area contributed by atoms with Crippen molar-refractivity contribution in [3.05, 3.63) is 71.9 Å². The second kappa shape index (κ2) is 11.0. The minimum Gasteiger partial charge on any atom is -0.463 e. The average Bonchev–Trinajstić information content (AvgIpc) is 3.29. The number of carbonyl (C=O) groups excluding carboxylic acids is 1. The molecule has 5 rings (SSSR count). The van der Waals surface area contributed by atoms with Crippen LogP contribution in [0.5, 0.6) is 6.01 Å². The van der Waals surface area contributed by atoms with E-state index < -0.39 is 0 Å². The Morgan fingerprint density at radius 3 is 2.61 bits per heavy atom. The lowest BCUT2D eigenvalue weighted by atomic mass is 10.2. The maximum atomic E-state index is 12.0. The number of benzene rings is 2. The fraction of sp³-hybridized carbons (Fsp3) is 0.308. The molecule has 1 fully saturated rings. The van der Waals surface area contributed by atoms with E-state index in [-0.39, 0.29) is 24.4 Å². The van der Waals surface area contributed by atoms with Crippen molar-refractivity contribution >= 4 is 28.7 Å². The van der Waals surface area contributed by atoms with Gasteiger partial charge in [-0.2, -0.15) is 20.1 Å². The molecule has 3 heterocycles. The van der Waals surface area contributed by atoms with E-state index in [1.54, 1.807) is 10.8 Å². The third-order valence-corrected chi connectivity index (χ3v) is 5.88. The summed E-state index contributed by atoms with van der Waals surface area (Å²) < 4.78 is 12.9. The van der Waals surface area contributed by atoms with Crippen LogP contribution < -0.4 is 9.64 Å². The molecular formula is C26H27N7O3. The van der Waals surface area contributed by atoms with E-state index >= 15 is 0 Å². The topological polar surface area (TPSA) is 107 Å². The molecule has 0 spiro atoms. The highest BCUT2D eigenvalue weighted by Gasteiger charge is 2.17. The Hall–Kier alpha value is -4.18. The molecule has 2 aromatic heterocycles. The summed E-state index contributed by atoms with van der Waals surface area (Å²) in [5.74, 6) is 0.612. The van der Waals surface area contributed by atoms with Gasteiger partial charge in [0, 0.05) is 43.6 Å². The summed E-state index contributed by atoms with van der Waals surface area (Å²) in [4.78, 5) is 27.4. The Balaban J connectivity index is 1.35. The Morgan fingerprint density at radius 1 is 1.03 bits per heavy atom. The molecule has 1 saturated heterocycles. The molecule has 10 nitrogen and oxygen atoms in total. The Kier molecular flexibility index (Phi) is 7.23. The van der Waals surface area contributed by atoms with Gasteiger partial charge in [0.05, 0.1) is 31.9 Å². The van der Waals surface area contributed by atoms with E-state index in [0.29, 0.717) is 38.9 Å². The Morgan fingerprint density at radius 2 is 1.81 bits per heavy atom. The second-order valence-corrected chi connectivity index (χ2v) is 8.36. The van der Waals surface area contributed by atoms with Crippen molar-refractivity contribution in [1.29, 1.82) is 0 Å². The third-order valence-electron chi connectivity index (χ3n) is 5.88. The number of azo groups is 1. The molecule has 1 aliphatic heterocycles. The molecule has 0 saturated carbocycles. The smallest absolute Gasteiger partial charge is 0.323 e. The summed E-state index contributed by atoms with van der Waals surface area (Å²) in [6, 6.07) is 18.0. The lowest BCUT2D eigenvalue weighted by Gasteiger charge is -2.26. The molecule has 4 aromatic rings. The third kappa shape index (κ3) is 5.55. The van der Waals surface area contributed by atoms with Crippen LogP contribution in [0.2, 0.25) is 0 Å². The van der Waals surface area contributed by atoms with Gasteiger partial charge in [0.25, 0.3) is 5.95 Å². The van der Waals surface area contributed by atoms with Crippen LogP contribution in [0.1, 0.15) is 22.8 Å². The lowest BCUT2D eigenvalue weighted by Crippen LogP contribution is -2.37. The molecule has 0 amide bonds. The molecular weight excluding hydrogens is 458 g/mol. The molecule has 0 radical (unpaired) electrons. The van der Waals surface area contributed by atoms with Gasteiger partial charge in [0.1, 0.15) is 0 Å². The van der Waals surface area contributed by atoms with Gasteiger partial charge in [-0.05, 0) is 11.6 Å². The van der Waals surface area contributed by atoms with Crippen molar-refractivity contribution in [1.82, 2.24) is 19.5 Å². The van der Waals surface area contributed by atoms with Gasteiger partial charge in [-0.3, -0.25) is 9.36 Å². The number of hydrogen-bond acceptors (Lipinski definition) is 9. The number of carbonyl (C=O) groups is 1. The quantitative estimate of drug-likeness (QED) is 0.344. The number of aromatic nitrogens is 4. The van der Waals surface area contributed by atoms with Gasteiger partial charge in [0.2, 0.25) is 11.9 Å². The summed E-state index contributed by atoms with van der Waals surface area (Å²) in [5, 5.41) is 9.57. The summed E-state index contributed by atoms with van der Waals surface area (Å²) in [7, 11) is 0. The number of ether oxygens (including phenoxy) is 2. The molecule has 36 heavy (non-hydrogen) atoms. The number of nitrogens with zero attached hydrogens (tertiary/aromatic N) is 7. The minimum absolute atomic E-state index is 0.0562. The number of anilines is 1. The van der Waals surface area contributed by atoms with Crippen LogP contribution in [0.3, 0.4) is 0 Å². The molecule has 184 valence electrons. The highest BCUT2D eigenvalue weighted by atomic mass is 16.5. The molecule has 0 aliphatic carbocycles. The first-order valence-corrected chi connectivity index (χ1v) is 11.9. The van der Waals surface area contributed by atoms with Gasteiger partial charge < -0.3 is 14.4 Å². The predicted molar refractivity (Wildman–Crippen MR) is 135 cm³/mol. The predicted octanol–water partition coefficient (Wildman–Crippen LogP) is 4.23. The van der Waals surface area contributed by atoms with Crippen LogP contribution in [-0.4, -0.2) is 58.3 Å². The number of morpholine rings is 1. The molecule has 0 bridgehead atoms. The first-order valence-electron chi connectivity index (χ1n) is 11.9. The zero-order valence-corrected chi connectivity index (χ0v) is 20.1. The fourth-order valence-electron chi connectivity index (χ4n) is 4.07. The Labute approximate surface area is 208 Å². The minimum atomic E-state index is -0.0562. The van der Waals surface area contributed by atoms with Crippen molar-refractivity contribution in [2.45, 2.75) is 19.9 Å². The van der Waals surface area contributed by atoms with Crippen LogP contribution in [0, 0.1) is 0 Å². The molecule has 2 aromatic carbocycles. The second-order valence-electron chi connectivity index (χ2n) is 8.36. The molecule has 0 unspecified atom stereocenters. The highest BCUT2D eigenvalue weighted by Crippen LogP contribution is 2.23. The number of fused-ring (bicyclic) bond motifs is 1. The first kappa shape index (κ1) is 23.6. The average molecular weight is 486 g/mol. The summed E-state index contributed by atoms with van der Waals surface area (Å²) in [5.41, 5.74) is 2.91. The van der Waals surface area contributed by atoms with E-state index in [1.165, 1.54) is 12.5 Å². The van der Waals surface area contributed by atoms with Gasteiger partial charge in [0.15, 0.2) is 0 Å². The van der Waals surface area contributed by atoms with Crippen molar-refractivity contribution in [3.8, 4) is 6.01 Å². The summed E-state index contributed by atoms with van der Waals surface area (Å²) >= 11 is 0. The molecule has 1 aliphatic rings. The maximum Gasteiger partial charge on any atom is 0.323 e. The van der Waals surface area contributed by atoms with E-state index in [9.17, 15) is 4.79 Å². The normalized spacial score (nSPS) is 14.0. The molecule has 0 N–H and O–H groups in total. The van der Waals surface area contributed by atoms with Crippen LogP contribution in [0.4, 0.5) is 11.9 Å². The number of rotatable bonds is 8. The van der Waals surface area contributed by atoms with Gasteiger partial charge in [-0.25, -0.2) is 0 Å². The van der Waals surface area contributed by atoms with E-state index in [2.05, 4.69) is 37.3 Å². The zero-order chi connectivity index (χ0) is 24.7. The van der Waals surface area contributed by atoms with Gasteiger partial charge >= 0.3 is 6.01 Å². The summed E-state index contributed by atoms with van der Waals surface area (Å²) in [6.45, 7) is 4.80. The maximum absolute atomic E-state index is 12.0. The van der Waals surface area contributed by atoms with Crippen molar-refractivity contribution in [3.63, 3.8) is 0 Å². The lowest BCUT2D eigenvalue weighted by molar-refractivity contribution is 0.0941. The van der Waals surface area contributed by atoms with E-state index in [1.807, 2.05) is 47.4 Å². The van der Waals surface area contributed by atoms with Crippen molar-refractivity contribution in [2.75, 3.05) is 37.8 Å². The van der Waals surface area contributed by atoms with Crippen molar-refractivity contribution < 1.29 is 14.3 Å². The molecule has 0 atom stereocenters. The van der Waals surface area contributed by atoms with Crippen LogP contribution in [0.15, 0.2) is 71.0 Å². The zero-order valence-electron chi connectivity index (χ0n) is 20.1. The van der Waals surface area contributed by atoms with Gasteiger partial charge in [-0.1, -0.05) is 48.5 Å². The monoisotopic (exact) mass is 485 g/mol. The standard InChI is InChI=1S/C26H27N7O3/c1-19(34)33-18-21(22-9-5-6-10-23(22)33)17-27-31-24-28-25(32-12-15-35-16-13-32)30-26(29-24)36-14-11-20-7-3-2-4-8-20/h2-10,18H,11-17H2,1H3.